The van der Waals surface area contributed by atoms with Crippen LogP contribution in [-0.4, -0.2) is 25.2 Å². The fraction of sp³-hybridized carbons (Fsp3) is 0.125. The first-order chi connectivity index (χ1) is 7.30. The van der Waals surface area contributed by atoms with Crippen LogP contribution in [0.4, 0.5) is 5.69 Å². The maximum Gasteiger partial charge on any atom is 0.320 e. The van der Waals surface area contributed by atoms with Gasteiger partial charge in [0.2, 0.25) is 10.0 Å². The van der Waals surface area contributed by atoms with Crippen LogP contribution in [0.25, 0.3) is 0 Å². The summed E-state index contributed by atoms with van der Waals surface area (Å²) >= 11 is 7.60. The van der Waals surface area contributed by atoms with Crippen LogP contribution in [0.15, 0.2) is 18.2 Å². The molecular formula is C8H7ClINO4S. The lowest BCUT2D eigenvalue weighted by molar-refractivity contribution is -0.134. The number of carboxylic acid groups (broad SMARTS) is 1. The molecule has 16 heavy (non-hydrogen) atoms. The van der Waals surface area contributed by atoms with Crippen LogP contribution in [0.1, 0.15) is 0 Å². The summed E-state index contributed by atoms with van der Waals surface area (Å²) in [6, 6.07) is 4.56. The van der Waals surface area contributed by atoms with Crippen LogP contribution in [0.5, 0.6) is 0 Å². The van der Waals surface area contributed by atoms with Crippen LogP contribution in [-0.2, 0) is 14.8 Å². The molecular weight excluding hydrogens is 369 g/mol. The number of hydrogen-bond donors (Lipinski definition) is 2. The van der Waals surface area contributed by atoms with Gasteiger partial charge in [0, 0.05) is 8.59 Å². The molecule has 1 aromatic carbocycles. The molecule has 0 unspecified atom stereocenters. The molecule has 2 N–H and O–H groups in total. The first-order valence-corrected chi connectivity index (χ1v) is 7.08. The van der Waals surface area contributed by atoms with Crippen LogP contribution in [0, 0.1) is 3.57 Å². The van der Waals surface area contributed by atoms with Gasteiger partial charge in [0.05, 0.1) is 5.69 Å². The zero-order valence-corrected chi connectivity index (χ0v) is 11.5. The van der Waals surface area contributed by atoms with Gasteiger partial charge in [-0.1, -0.05) is 11.6 Å². The van der Waals surface area contributed by atoms with Crippen molar-refractivity contribution in [3.8, 4) is 0 Å². The maximum absolute atomic E-state index is 11.3. The minimum absolute atomic E-state index is 0.311. The van der Waals surface area contributed by atoms with Gasteiger partial charge in [-0.3, -0.25) is 9.52 Å². The minimum Gasteiger partial charge on any atom is -0.480 e. The number of sulfonamides is 1. The highest BCUT2D eigenvalue weighted by Crippen LogP contribution is 2.23. The second-order valence-corrected chi connectivity index (χ2v) is 6.20. The van der Waals surface area contributed by atoms with Crippen molar-refractivity contribution in [3.05, 3.63) is 26.8 Å². The molecule has 0 fully saturated rings. The Morgan fingerprint density at radius 1 is 1.50 bits per heavy atom. The summed E-state index contributed by atoms with van der Waals surface area (Å²) < 4.78 is 25.4. The zero-order chi connectivity index (χ0) is 12.3. The standard InChI is InChI=1S/C8H7ClINO4S/c9-5-1-2-7(6(10)3-5)11-16(14,15)4-8(12)13/h1-3,11H,4H2,(H,12,13). The molecule has 0 saturated carbocycles. The SMILES string of the molecule is O=C(O)CS(=O)(=O)Nc1ccc(Cl)cc1I. The summed E-state index contributed by atoms with van der Waals surface area (Å²) in [6.07, 6.45) is 0. The number of carboxylic acids is 1. The number of rotatable bonds is 4. The first kappa shape index (κ1) is 13.5. The predicted molar refractivity (Wildman–Crippen MR) is 69.2 cm³/mol. The highest BCUT2D eigenvalue weighted by Gasteiger charge is 2.16. The van der Waals surface area contributed by atoms with Crippen LogP contribution in [0.3, 0.4) is 0 Å². The summed E-state index contributed by atoms with van der Waals surface area (Å²) in [7, 11) is -3.87. The Labute approximate surface area is 111 Å². The largest absolute Gasteiger partial charge is 0.480 e. The van der Waals surface area contributed by atoms with Gasteiger partial charge in [-0.2, -0.15) is 0 Å². The molecule has 1 rings (SSSR count). The highest BCUT2D eigenvalue weighted by atomic mass is 127. The van der Waals surface area contributed by atoms with E-state index < -0.39 is 21.7 Å². The Kier molecular flexibility index (Phi) is 4.39. The van der Waals surface area contributed by atoms with E-state index in [0.717, 1.165) is 0 Å². The number of nitrogens with one attached hydrogen (secondary N) is 1. The molecule has 0 aliphatic carbocycles. The number of hydrogen-bond acceptors (Lipinski definition) is 3. The fourth-order valence-corrected chi connectivity index (χ4v) is 3.04. The van der Waals surface area contributed by atoms with Crippen molar-refractivity contribution < 1.29 is 18.3 Å². The number of benzene rings is 1. The van der Waals surface area contributed by atoms with Crippen molar-refractivity contribution in [2.24, 2.45) is 0 Å². The Morgan fingerprint density at radius 2 is 2.12 bits per heavy atom. The van der Waals surface area contributed by atoms with E-state index >= 15 is 0 Å². The average Bonchev–Trinajstić information content (AvgIpc) is 2.07. The van der Waals surface area contributed by atoms with Gasteiger partial charge in [-0.25, -0.2) is 8.42 Å². The van der Waals surface area contributed by atoms with Crippen molar-refractivity contribution in [1.82, 2.24) is 0 Å². The van der Waals surface area contributed by atoms with E-state index in [-0.39, 0.29) is 0 Å². The second-order valence-electron chi connectivity index (χ2n) is 2.88. The molecule has 5 nitrogen and oxygen atoms in total. The van der Waals surface area contributed by atoms with Crippen LogP contribution in [0.2, 0.25) is 5.02 Å². The van der Waals surface area contributed by atoms with Gasteiger partial charge in [0.1, 0.15) is 0 Å². The molecule has 8 heteroatoms. The van der Waals surface area contributed by atoms with E-state index in [9.17, 15) is 13.2 Å². The van der Waals surface area contributed by atoms with Crippen molar-refractivity contribution in [2.75, 3.05) is 10.5 Å². The predicted octanol–water partition coefficient (Wildman–Crippen LogP) is 1.77. The van der Waals surface area contributed by atoms with Gasteiger partial charge >= 0.3 is 5.97 Å². The van der Waals surface area contributed by atoms with Gasteiger partial charge < -0.3 is 5.11 Å². The van der Waals surface area contributed by atoms with Crippen molar-refractivity contribution in [2.45, 2.75) is 0 Å². The van der Waals surface area contributed by atoms with Crippen molar-refractivity contribution in [1.29, 1.82) is 0 Å². The molecule has 0 bridgehead atoms. The lowest BCUT2D eigenvalue weighted by atomic mass is 10.3. The van der Waals surface area contributed by atoms with E-state index in [2.05, 4.69) is 4.72 Å². The van der Waals surface area contributed by atoms with E-state index in [4.69, 9.17) is 16.7 Å². The molecule has 0 aliphatic rings. The molecule has 0 amide bonds. The summed E-state index contributed by atoms with van der Waals surface area (Å²) in [5.41, 5.74) is 0.311. The normalized spacial score (nSPS) is 11.1. The van der Waals surface area contributed by atoms with E-state index in [1.165, 1.54) is 12.1 Å². The monoisotopic (exact) mass is 375 g/mol. The highest BCUT2D eigenvalue weighted by molar-refractivity contribution is 14.1. The molecule has 1 aromatic rings. The maximum atomic E-state index is 11.3. The van der Waals surface area contributed by atoms with Gasteiger partial charge in [0.25, 0.3) is 0 Å². The quantitative estimate of drug-likeness (QED) is 0.786. The Balaban J connectivity index is 2.92. The number of carbonyl (C=O) groups is 1. The van der Waals surface area contributed by atoms with E-state index in [1.54, 1.807) is 6.07 Å². The Morgan fingerprint density at radius 3 is 2.62 bits per heavy atom. The second kappa shape index (κ2) is 5.19. The summed E-state index contributed by atoms with van der Waals surface area (Å²) in [4.78, 5) is 10.3. The third kappa shape index (κ3) is 4.14. The summed E-state index contributed by atoms with van der Waals surface area (Å²) in [6.45, 7) is 0. The van der Waals surface area contributed by atoms with Crippen molar-refractivity contribution in [3.63, 3.8) is 0 Å². The van der Waals surface area contributed by atoms with E-state index in [0.29, 0.717) is 14.3 Å². The molecule has 0 aromatic heterocycles. The molecule has 0 radical (unpaired) electrons. The molecule has 0 heterocycles. The smallest absolute Gasteiger partial charge is 0.320 e. The van der Waals surface area contributed by atoms with Gasteiger partial charge in [-0.05, 0) is 40.8 Å². The van der Waals surface area contributed by atoms with Crippen LogP contribution >= 0.6 is 34.2 Å². The Bertz CT molecular complexity index is 517. The van der Waals surface area contributed by atoms with Gasteiger partial charge in [-0.15, -0.1) is 0 Å². The minimum atomic E-state index is -3.87. The molecule has 0 spiro atoms. The van der Waals surface area contributed by atoms with Crippen molar-refractivity contribution >= 4 is 55.9 Å². The fourth-order valence-electron chi connectivity index (χ4n) is 0.938. The number of halogens is 2. The molecule has 0 aliphatic heterocycles. The third-order valence-electron chi connectivity index (χ3n) is 1.51. The summed E-state index contributed by atoms with van der Waals surface area (Å²) in [5, 5.41) is 8.88. The van der Waals surface area contributed by atoms with E-state index in [1.807, 2.05) is 22.6 Å². The average molecular weight is 376 g/mol. The lowest BCUT2D eigenvalue weighted by Gasteiger charge is -2.08. The number of anilines is 1. The topological polar surface area (TPSA) is 83.5 Å². The number of aliphatic carboxylic acids is 1. The third-order valence-corrected chi connectivity index (χ3v) is 3.80. The first-order valence-electron chi connectivity index (χ1n) is 3.97. The summed E-state index contributed by atoms with van der Waals surface area (Å²) in [5.74, 6) is -2.37. The Hall–Kier alpha value is -0.540. The molecule has 0 saturated heterocycles. The molecule has 88 valence electrons. The molecule has 0 atom stereocenters. The van der Waals surface area contributed by atoms with Crippen LogP contribution < -0.4 is 4.72 Å². The lowest BCUT2D eigenvalue weighted by Crippen LogP contribution is -2.22. The van der Waals surface area contributed by atoms with Gasteiger partial charge in [0.15, 0.2) is 5.75 Å². The zero-order valence-electron chi connectivity index (χ0n) is 7.78.